The molecule has 0 fully saturated rings. The van der Waals surface area contributed by atoms with Crippen LogP contribution < -0.4 is 51.6 Å². The number of hydrogen-bond acceptors (Lipinski definition) is 12. The van der Waals surface area contributed by atoms with Gasteiger partial charge in [0.25, 0.3) is 0 Å². The zero-order valence-corrected chi connectivity index (χ0v) is 21.4. The third-order valence-corrected chi connectivity index (χ3v) is 5.29. The van der Waals surface area contributed by atoms with E-state index in [1.165, 1.54) is 0 Å². The summed E-state index contributed by atoms with van der Waals surface area (Å²) in [7, 11) is -2.85. The molecule has 19 heteroatoms. The van der Waals surface area contributed by atoms with Gasteiger partial charge < -0.3 is 65.2 Å². The molecule has 0 aliphatic rings. The van der Waals surface area contributed by atoms with Crippen LogP contribution in [0.3, 0.4) is 0 Å². The van der Waals surface area contributed by atoms with Crippen molar-refractivity contribution in [2.24, 2.45) is 66.6 Å². The van der Waals surface area contributed by atoms with E-state index >= 15 is 0 Å². The molecule has 18 N–H and O–H groups in total. The third kappa shape index (κ3) is 17.6. The van der Waals surface area contributed by atoms with Crippen molar-refractivity contribution >= 4 is 44.4 Å². The van der Waals surface area contributed by atoms with E-state index < -0.39 is 44.6 Å². The molecule has 0 rings (SSSR count). The van der Waals surface area contributed by atoms with Crippen LogP contribution in [0.15, 0.2) is 15.0 Å². The molecule has 0 aromatic heterocycles. The smallest absolute Gasteiger partial charge is 0.374 e. The number of aliphatic imine (C=N–C) groups is 3. The lowest BCUT2D eigenvalue weighted by atomic mass is 10.2. The SMILES string of the molecule is NC(N)=NCCC[C@H](N)C(=O)OP(OC(=O)[C@@H](N)CCCN=C(N)N)OC(=O)[C@@H](N)CCCN=C(N)N. The van der Waals surface area contributed by atoms with Crippen molar-refractivity contribution < 1.29 is 28.0 Å². The molecule has 0 saturated carbocycles. The molecule has 18 nitrogen and oxygen atoms in total. The molecular weight excluding hydrogens is 511 g/mol. The molecule has 0 radical (unpaired) electrons. The number of hydrogen-bond donors (Lipinski definition) is 9. The summed E-state index contributed by atoms with van der Waals surface area (Å²) in [4.78, 5) is 48.5. The summed E-state index contributed by atoms with van der Waals surface area (Å²) in [6.07, 6.45) is 1.47. The second-order valence-corrected chi connectivity index (χ2v) is 8.62. The zero-order chi connectivity index (χ0) is 28.4. The van der Waals surface area contributed by atoms with Crippen molar-refractivity contribution in [3.63, 3.8) is 0 Å². The van der Waals surface area contributed by atoms with Crippen molar-refractivity contribution in [1.82, 2.24) is 0 Å². The molecule has 0 unspecified atom stereocenters. The second kappa shape index (κ2) is 18.8. The van der Waals surface area contributed by atoms with Crippen LogP contribution >= 0.6 is 8.60 Å². The van der Waals surface area contributed by atoms with Gasteiger partial charge in [0.2, 0.25) is 0 Å². The summed E-state index contributed by atoms with van der Waals surface area (Å²) in [5, 5.41) is 0. The summed E-state index contributed by atoms with van der Waals surface area (Å²) in [6, 6.07) is -3.42. The van der Waals surface area contributed by atoms with Crippen LogP contribution in [0.25, 0.3) is 0 Å². The van der Waals surface area contributed by atoms with Gasteiger partial charge in [0.1, 0.15) is 18.1 Å². The minimum Gasteiger partial charge on any atom is -0.374 e. The first kappa shape index (κ1) is 33.5. The van der Waals surface area contributed by atoms with Gasteiger partial charge in [-0.1, -0.05) is 0 Å². The van der Waals surface area contributed by atoms with Crippen LogP contribution in [-0.2, 0) is 28.0 Å². The van der Waals surface area contributed by atoms with Gasteiger partial charge >= 0.3 is 26.5 Å². The highest BCUT2D eigenvalue weighted by Crippen LogP contribution is 2.41. The molecule has 0 aromatic rings. The van der Waals surface area contributed by atoms with Gasteiger partial charge in [0.15, 0.2) is 17.9 Å². The molecule has 0 bridgehead atoms. The Labute approximate surface area is 215 Å². The molecule has 0 aliphatic carbocycles. The van der Waals surface area contributed by atoms with Gasteiger partial charge in [0, 0.05) is 19.6 Å². The average molecular weight is 551 g/mol. The minimum absolute atomic E-state index is 0.109. The van der Waals surface area contributed by atoms with Crippen LogP contribution in [0.5, 0.6) is 0 Å². The van der Waals surface area contributed by atoms with Crippen molar-refractivity contribution in [3.8, 4) is 0 Å². The normalized spacial score (nSPS) is 13.0. The maximum absolute atomic E-state index is 12.4. The predicted molar refractivity (Wildman–Crippen MR) is 139 cm³/mol. The van der Waals surface area contributed by atoms with Gasteiger partial charge in [-0.25, -0.2) is 14.4 Å². The molecule has 0 amide bonds. The lowest BCUT2D eigenvalue weighted by molar-refractivity contribution is -0.144. The van der Waals surface area contributed by atoms with Gasteiger partial charge in [-0.15, -0.1) is 0 Å². The van der Waals surface area contributed by atoms with Crippen molar-refractivity contribution in [2.75, 3.05) is 19.6 Å². The van der Waals surface area contributed by atoms with Crippen LogP contribution in [0.2, 0.25) is 0 Å². The lowest BCUT2D eigenvalue weighted by Gasteiger charge is -2.20. The second-order valence-electron chi connectivity index (χ2n) is 7.62. The van der Waals surface area contributed by atoms with Crippen LogP contribution in [-0.4, -0.2) is 73.5 Å². The van der Waals surface area contributed by atoms with Crippen molar-refractivity contribution in [1.29, 1.82) is 0 Å². The first-order valence-electron chi connectivity index (χ1n) is 11.2. The van der Waals surface area contributed by atoms with Crippen molar-refractivity contribution in [2.45, 2.75) is 56.7 Å². The number of carbonyl (C=O) groups is 3. The molecule has 212 valence electrons. The molecule has 0 aliphatic heterocycles. The van der Waals surface area contributed by atoms with E-state index in [0.717, 1.165) is 0 Å². The van der Waals surface area contributed by atoms with Crippen LogP contribution in [0.1, 0.15) is 38.5 Å². The third-order valence-electron chi connectivity index (χ3n) is 4.30. The Kier molecular flexibility index (Phi) is 17.0. The van der Waals surface area contributed by atoms with Crippen LogP contribution in [0.4, 0.5) is 0 Å². The van der Waals surface area contributed by atoms with E-state index in [2.05, 4.69) is 15.0 Å². The van der Waals surface area contributed by atoms with Gasteiger partial charge in [-0.3, -0.25) is 15.0 Å². The maximum Gasteiger partial charge on any atom is 0.537 e. The van der Waals surface area contributed by atoms with Gasteiger partial charge in [-0.05, 0) is 38.5 Å². The Balaban J connectivity index is 5.11. The average Bonchev–Trinajstić information content (AvgIpc) is 2.81. The van der Waals surface area contributed by atoms with E-state index in [-0.39, 0.29) is 56.8 Å². The van der Waals surface area contributed by atoms with Gasteiger partial charge in [0.05, 0.1) is 0 Å². The van der Waals surface area contributed by atoms with Crippen LogP contribution in [0, 0.1) is 0 Å². The Hall–Kier alpha value is -3.47. The largest absolute Gasteiger partial charge is 0.537 e. The number of rotatable bonds is 18. The molecule has 0 aromatic carbocycles. The monoisotopic (exact) mass is 550 g/mol. The number of guanidine groups is 3. The Morgan fingerprint density at radius 2 is 0.784 bits per heavy atom. The molecule has 0 spiro atoms. The topological polar surface area (TPSA) is 350 Å². The fourth-order valence-corrected chi connectivity index (χ4v) is 3.35. The Morgan fingerprint density at radius 1 is 0.541 bits per heavy atom. The Morgan fingerprint density at radius 3 is 1.00 bits per heavy atom. The highest BCUT2D eigenvalue weighted by Gasteiger charge is 2.33. The van der Waals surface area contributed by atoms with Crippen molar-refractivity contribution in [3.05, 3.63) is 0 Å². The molecule has 3 atom stereocenters. The molecule has 37 heavy (non-hydrogen) atoms. The van der Waals surface area contributed by atoms with E-state index in [1.807, 2.05) is 0 Å². The zero-order valence-electron chi connectivity index (χ0n) is 20.5. The van der Waals surface area contributed by atoms with E-state index in [1.54, 1.807) is 0 Å². The van der Waals surface area contributed by atoms with E-state index in [4.69, 9.17) is 65.2 Å². The maximum atomic E-state index is 12.4. The number of carbonyl (C=O) groups excluding carboxylic acids is 3. The fraction of sp³-hybridized carbons (Fsp3) is 0.667. The first-order valence-corrected chi connectivity index (χ1v) is 12.3. The lowest BCUT2D eigenvalue weighted by Crippen LogP contribution is -2.36. The minimum atomic E-state index is -2.85. The number of nitrogens with zero attached hydrogens (tertiary/aromatic N) is 3. The van der Waals surface area contributed by atoms with E-state index in [0.29, 0.717) is 19.3 Å². The summed E-state index contributed by atoms with van der Waals surface area (Å²) in [5.41, 5.74) is 48.8. The summed E-state index contributed by atoms with van der Waals surface area (Å²) >= 11 is 0. The Bertz CT molecular complexity index is 710. The highest BCUT2D eigenvalue weighted by atomic mass is 31.2. The molecule has 0 heterocycles. The van der Waals surface area contributed by atoms with Gasteiger partial charge in [-0.2, -0.15) is 0 Å². The predicted octanol–water partition coefficient (Wildman–Crippen LogP) is -4.01. The van der Waals surface area contributed by atoms with E-state index in [9.17, 15) is 14.4 Å². The summed E-state index contributed by atoms with van der Waals surface area (Å²) < 4.78 is 15.2. The fourth-order valence-electron chi connectivity index (χ4n) is 2.39. The first-order chi connectivity index (χ1) is 17.3. The molecule has 0 saturated heterocycles. The number of nitrogens with two attached hydrogens (primary N) is 9. The molecular formula is C18H39N12O6P. The quantitative estimate of drug-likeness (QED) is 0.0339. The highest BCUT2D eigenvalue weighted by molar-refractivity contribution is 7.43. The summed E-state index contributed by atoms with van der Waals surface area (Å²) in [5.74, 6) is -3.29. The summed E-state index contributed by atoms with van der Waals surface area (Å²) in [6.45, 7) is 0.683. The standard InChI is InChI=1S/C18H39N12O6P/c19-10(4-1-7-28-16(22)23)13(31)34-37(35-14(32)11(20)5-2-8-29-17(24)25)36-15(33)12(21)6-3-9-30-18(26)27/h10-12H,1-9,19-21H2,(H4,22,23,28)(H4,24,25,29)(H4,26,27,30)/t10-,11-,12-/m0/s1.